The molecular weight excluding hydrogens is 254 g/mol. The highest BCUT2D eigenvalue weighted by atomic mass is 16.2. The molecule has 2 N–H and O–H groups in total. The first kappa shape index (κ1) is 12.2. The summed E-state index contributed by atoms with van der Waals surface area (Å²) in [6.45, 7) is 2.02. The van der Waals surface area contributed by atoms with Crippen LogP contribution in [0.15, 0.2) is 48.3 Å². The monoisotopic (exact) mass is 267 g/mol. The lowest BCUT2D eigenvalue weighted by Crippen LogP contribution is -2.22. The number of urea groups is 1. The van der Waals surface area contributed by atoms with Gasteiger partial charge in [-0.15, -0.1) is 0 Å². The Bertz CT molecular complexity index is 728. The van der Waals surface area contributed by atoms with Crippen molar-refractivity contribution in [2.24, 2.45) is 0 Å². The van der Waals surface area contributed by atoms with Crippen molar-refractivity contribution in [3.05, 3.63) is 59.5 Å². The van der Waals surface area contributed by atoms with Crippen molar-refractivity contribution in [3.8, 4) is 5.69 Å². The lowest BCUT2D eigenvalue weighted by Gasteiger charge is -2.07. The predicted octanol–water partition coefficient (Wildman–Crippen LogP) is 1.97. The van der Waals surface area contributed by atoms with Crippen molar-refractivity contribution in [3.63, 3.8) is 0 Å². The van der Waals surface area contributed by atoms with Crippen LogP contribution in [-0.2, 0) is 4.79 Å². The van der Waals surface area contributed by atoms with Crippen molar-refractivity contribution >= 4 is 18.0 Å². The zero-order chi connectivity index (χ0) is 14.1. The Kier molecular flexibility index (Phi) is 2.87. The van der Waals surface area contributed by atoms with Crippen LogP contribution in [0.4, 0.5) is 4.79 Å². The van der Waals surface area contributed by atoms with E-state index in [1.54, 1.807) is 6.08 Å². The third kappa shape index (κ3) is 2.21. The third-order valence-corrected chi connectivity index (χ3v) is 3.07. The normalized spacial score (nSPS) is 16.4. The first-order valence-electron chi connectivity index (χ1n) is 6.22. The molecule has 0 saturated carbocycles. The highest BCUT2D eigenvalue weighted by molar-refractivity contribution is 6.13. The van der Waals surface area contributed by atoms with Crippen LogP contribution in [0.25, 0.3) is 11.8 Å². The number of imide groups is 1. The average molecular weight is 267 g/mol. The van der Waals surface area contributed by atoms with E-state index in [-0.39, 0.29) is 5.70 Å². The Balaban J connectivity index is 2.01. The van der Waals surface area contributed by atoms with Crippen LogP contribution in [0.1, 0.15) is 11.3 Å². The van der Waals surface area contributed by atoms with Crippen molar-refractivity contribution in [1.29, 1.82) is 0 Å². The quantitative estimate of drug-likeness (QED) is 0.645. The van der Waals surface area contributed by atoms with Gasteiger partial charge in [-0.05, 0) is 42.8 Å². The molecule has 3 rings (SSSR count). The van der Waals surface area contributed by atoms with Gasteiger partial charge in [0.2, 0.25) is 0 Å². The van der Waals surface area contributed by atoms with Crippen LogP contribution < -0.4 is 10.6 Å². The largest absolute Gasteiger partial charge is 0.326 e. The number of nitrogens with one attached hydrogen (secondary N) is 2. The molecule has 5 heteroatoms. The Hall–Kier alpha value is -2.82. The summed E-state index contributed by atoms with van der Waals surface area (Å²) in [6, 6.07) is 11.3. The Morgan fingerprint density at radius 3 is 2.65 bits per heavy atom. The molecule has 0 bridgehead atoms. The molecule has 0 radical (unpaired) electrons. The van der Waals surface area contributed by atoms with Gasteiger partial charge in [0.25, 0.3) is 5.91 Å². The topological polar surface area (TPSA) is 63.1 Å². The minimum absolute atomic E-state index is 0.252. The smallest absolute Gasteiger partial charge is 0.317 e. The second-order valence-corrected chi connectivity index (χ2v) is 4.61. The Morgan fingerprint density at radius 1 is 1.10 bits per heavy atom. The molecule has 0 spiro atoms. The SMILES string of the molecule is Cc1cccc(-n2cccc2/C=C2/NC(=O)NC2=O)c1. The molecule has 3 amide bonds. The van der Waals surface area contributed by atoms with E-state index in [4.69, 9.17) is 0 Å². The zero-order valence-electron chi connectivity index (χ0n) is 10.9. The first-order valence-corrected chi connectivity index (χ1v) is 6.22. The summed E-state index contributed by atoms with van der Waals surface area (Å²) in [6.07, 6.45) is 3.57. The minimum Gasteiger partial charge on any atom is -0.317 e. The summed E-state index contributed by atoms with van der Waals surface area (Å²) in [5, 5.41) is 4.66. The van der Waals surface area contributed by atoms with E-state index in [0.717, 1.165) is 16.9 Å². The van der Waals surface area contributed by atoms with E-state index >= 15 is 0 Å². The summed E-state index contributed by atoms with van der Waals surface area (Å²) in [5.41, 5.74) is 3.24. The average Bonchev–Trinajstić information content (AvgIpc) is 2.97. The van der Waals surface area contributed by atoms with Crippen LogP contribution in [0, 0.1) is 6.92 Å². The highest BCUT2D eigenvalue weighted by Crippen LogP contribution is 2.17. The second-order valence-electron chi connectivity index (χ2n) is 4.61. The summed E-state index contributed by atoms with van der Waals surface area (Å²) in [7, 11) is 0. The first-order chi connectivity index (χ1) is 9.63. The molecule has 0 atom stereocenters. The maximum absolute atomic E-state index is 11.5. The molecule has 1 aliphatic rings. The van der Waals surface area contributed by atoms with Gasteiger partial charge in [0, 0.05) is 17.6 Å². The molecular formula is C15H13N3O2. The van der Waals surface area contributed by atoms with Crippen LogP contribution in [-0.4, -0.2) is 16.5 Å². The highest BCUT2D eigenvalue weighted by Gasteiger charge is 2.23. The fourth-order valence-corrected chi connectivity index (χ4v) is 2.15. The summed E-state index contributed by atoms with van der Waals surface area (Å²) < 4.78 is 1.96. The maximum atomic E-state index is 11.5. The van der Waals surface area contributed by atoms with E-state index in [1.165, 1.54) is 0 Å². The van der Waals surface area contributed by atoms with Gasteiger partial charge in [-0.3, -0.25) is 10.1 Å². The van der Waals surface area contributed by atoms with Gasteiger partial charge in [-0.2, -0.15) is 0 Å². The molecule has 0 unspecified atom stereocenters. The summed E-state index contributed by atoms with van der Waals surface area (Å²) in [4.78, 5) is 22.6. The number of hydrogen-bond acceptors (Lipinski definition) is 2. The van der Waals surface area contributed by atoms with Crippen molar-refractivity contribution in [2.45, 2.75) is 6.92 Å². The van der Waals surface area contributed by atoms with Crippen LogP contribution in [0.5, 0.6) is 0 Å². The van der Waals surface area contributed by atoms with E-state index in [0.29, 0.717) is 0 Å². The summed E-state index contributed by atoms with van der Waals surface area (Å²) >= 11 is 0. The van der Waals surface area contributed by atoms with Crippen LogP contribution in [0.2, 0.25) is 0 Å². The molecule has 1 aromatic heterocycles. The number of nitrogens with zero attached hydrogens (tertiary/aromatic N) is 1. The van der Waals surface area contributed by atoms with Gasteiger partial charge < -0.3 is 9.88 Å². The zero-order valence-corrected chi connectivity index (χ0v) is 10.9. The second kappa shape index (κ2) is 4.70. The van der Waals surface area contributed by atoms with E-state index in [9.17, 15) is 9.59 Å². The van der Waals surface area contributed by atoms with Crippen molar-refractivity contribution in [1.82, 2.24) is 15.2 Å². The predicted molar refractivity (Wildman–Crippen MR) is 75.2 cm³/mol. The lowest BCUT2D eigenvalue weighted by atomic mass is 10.2. The van der Waals surface area contributed by atoms with Gasteiger partial charge in [0.1, 0.15) is 5.70 Å². The fraction of sp³-hybridized carbons (Fsp3) is 0.0667. The number of carbonyl (C=O) groups excluding carboxylic acids is 2. The van der Waals surface area contributed by atoms with Gasteiger partial charge in [0.05, 0.1) is 0 Å². The van der Waals surface area contributed by atoms with Gasteiger partial charge in [0.15, 0.2) is 0 Å². The van der Waals surface area contributed by atoms with E-state index in [2.05, 4.69) is 16.7 Å². The number of carbonyl (C=O) groups is 2. The fourth-order valence-electron chi connectivity index (χ4n) is 2.15. The molecule has 0 aliphatic carbocycles. The van der Waals surface area contributed by atoms with E-state index in [1.807, 2.05) is 48.0 Å². The molecule has 2 aromatic rings. The number of aryl methyl sites for hydroxylation is 1. The molecule has 1 aromatic carbocycles. The number of benzene rings is 1. The molecule has 1 saturated heterocycles. The Labute approximate surface area is 115 Å². The van der Waals surface area contributed by atoms with E-state index < -0.39 is 11.9 Å². The van der Waals surface area contributed by atoms with Crippen LogP contribution >= 0.6 is 0 Å². The number of rotatable bonds is 2. The van der Waals surface area contributed by atoms with Crippen molar-refractivity contribution < 1.29 is 9.59 Å². The van der Waals surface area contributed by atoms with Crippen molar-refractivity contribution in [2.75, 3.05) is 0 Å². The number of amides is 3. The number of aromatic nitrogens is 1. The lowest BCUT2D eigenvalue weighted by molar-refractivity contribution is -0.115. The van der Waals surface area contributed by atoms with Crippen LogP contribution in [0.3, 0.4) is 0 Å². The van der Waals surface area contributed by atoms with Gasteiger partial charge in [-0.1, -0.05) is 12.1 Å². The summed E-state index contributed by atoms with van der Waals surface area (Å²) in [5.74, 6) is -0.410. The molecule has 100 valence electrons. The molecule has 5 nitrogen and oxygen atoms in total. The minimum atomic E-state index is -0.491. The Morgan fingerprint density at radius 2 is 1.95 bits per heavy atom. The van der Waals surface area contributed by atoms with Gasteiger partial charge in [-0.25, -0.2) is 4.79 Å². The molecule has 1 fully saturated rings. The molecule has 20 heavy (non-hydrogen) atoms. The van der Waals surface area contributed by atoms with Gasteiger partial charge >= 0.3 is 6.03 Å². The molecule has 1 aliphatic heterocycles. The standard InChI is InChI=1S/C15H13N3O2/c1-10-4-2-5-11(8-10)18-7-3-6-12(18)9-13-14(19)17-15(20)16-13/h2-9H,1H3,(H2,16,17,19,20)/b13-9+. The third-order valence-electron chi connectivity index (χ3n) is 3.07. The number of hydrogen-bond donors (Lipinski definition) is 2. The maximum Gasteiger partial charge on any atom is 0.326 e. The molecule has 2 heterocycles.